The molecule has 2 atom stereocenters. The summed E-state index contributed by atoms with van der Waals surface area (Å²) < 4.78 is 7.30. The fraction of sp³-hybridized carbons (Fsp3) is 0.385. The number of hydrogen-bond acceptors (Lipinski definition) is 2. The molecule has 1 aliphatic carbocycles. The molecule has 1 aliphatic rings. The number of hydrogen-bond donors (Lipinski definition) is 1. The van der Waals surface area contributed by atoms with E-state index in [0.29, 0.717) is 0 Å². The summed E-state index contributed by atoms with van der Waals surface area (Å²) >= 11 is 7.12. The molecule has 0 radical (unpaired) electrons. The first-order valence-corrected chi connectivity index (χ1v) is 6.94. The maximum absolute atomic E-state index is 10.3. The molecule has 0 bridgehead atoms. The van der Waals surface area contributed by atoms with Gasteiger partial charge < -0.3 is 9.84 Å². The second kappa shape index (κ2) is 4.84. The molecule has 1 aromatic carbocycles. The predicted molar refractivity (Wildman–Crippen MR) is 76.1 cm³/mol. The van der Waals surface area contributed by atoms with Crippen LogP contribution in [0.4, 0.5) is 0 Å². The van der Waals surface area contributed by atoms with E-state index in [9.17, 15) is 5.11 Å². The number of aliphatic hydroxyl groups excluding tert-OH is 1. The van der Waals surface area contributed by atoms with Gasteiger partial charge >= 0.3 is 0 Å². The molecule has 0 heterocycles. The van der Waals surface area contributed by atoms with Crippen LogP contribution in [0.25, 0.3) is 6.08 Å². The van der Waals surface area contributed by atoms with Crippen molar-refractivity contribution >= 4 is 37.9 Å². The molecular weight excluding hydrogens is 348 g/mol. The minimum absolute atomic E-state index is 0.270. The van der Waals surface area contributed by atoms with Gasteiger partial charge in [0.15, 0.2) is 0 Å². The average Bonchev–Trinajstić information content (AvgIpc) is 2.33. The van der Waals surface area contributed by atoms with Gasteiger partial charge in [-0.3, -0.25) is 0 Å². The molecule has 0 saturated carbocycles. The maximum atomic E-state index is 10.3. The summed E-state index contributed by atoms with van der Waals surface area (Å²) in [5.41, 5.74) is 4.21. The maximum Gasteiger partial charge on any atom is 0.110 e. The standard InChI is InChI=1S/C13H14Br2O2/c1-6-8-4-5-9(17-3)13(16)10(8)7(2)12(15)11(6)14/h4-5,9,13,16H,1-3H3. The zero-order valence-corrected chi connectivity index (χ0v) is 13.1. The second-order valence-electron chi connectivity index (χ2n) is 4.21. The van der Waals surface area contributed by atoms with E-state index in [1.54, 1.807) is 7.11 Å². The van der Waals surface area contributed by atoms with Gasteiger partial charge in [-0.05, 0) is 68.0 Å². The lowest BCUT2D eigenvalue weighted by atomic mass is 9.87. The molecular formula is C13H14Br2O2. The van der Waals surface area contributed by atoms with Crippen LogP contribution >= 0.6 is 31.9 Å². The minimum Gasteiger partial charge on any atom is -0.385 e. The lowest BCUT2D eigenvalue weighted by molar-refractivity contribution is 0.0146. The Balaban J connectivity index is 2.72. The van der Waals surface area contributed by atoms with Crippen LogP contribution in [0.15, 0.2) is 15.0 Å². The van der Waals surface area contributed by atoms with Gasteiger partial charge in [-0.15, -0.1) is 0 Å². The zero-order chi connectivity index (χ0) is 12.7. The van der Waals surface area contributed by atoms with E-state index in [-0.39, 0.29) is 6.10 Å². The molecule has 0 amide bonds. The summed E-state index contributed by atoms with van der Waals surface area (Å²) in [4.78, 5) is 0. The zero-order valence-electron chi connectivity index (χ0n) is 9.92. The van der Waals surface area contributed by atoms with Crippen LogP contribution in [-0.2, 0) is 4.74 Å². The number of ether oxygens (including phenoxy) is 1. The highest BCUT2D eigenvalue weighted by Crippen LogP contribution is 2.41. The topological polar surface area (TPSA) is 29.5 Å². The van der Waals surface area contributed by atoms with Crippen LogP contribution in [0, 0.1) is 13.8 Å². The molecule has 2 nitrogen and oxygen atoms in total. The summed E-state index contributed by atoms with van der Waals surface area (Å²) in [6.45, 7) is 4.04. The molecule has 0 saturated heterocycles. The SMILES string of the molecule is COC1C=Cc2c(C)c(Br)c(Br)c(C)c2C1O. The van der Waals surface area contributed by atoms with E-state index in [1.165, 1.54) is 0 Å². The van der Waals surface area contributed by atoms with E-state index in [4.69, 9.17) is 4.74 Å². The van der Waals surface area contributed by atoms with Crippen LogP contribution in [0.3, 0.4) is 0 Å². The lowest BCUT2D eigenvalue weighted by Gasteiger charge is -2.28. The van der Waals surface area contributed by atoms with Crippen molar-refractivity contribution in [3.05, 3.63) is 37.3 Å². The van der Waals surface area contributed by atoms with Crippen molar-refractivity contribution in [2.75, 3.05) is 7.11 Å². The quantitative estimate of drug-likeness (QED) is 0.821. The van der Waals surface area contributed by atoms with Gasteiger partial charge in [0.1, 0.15) is 12.2 Å². The highest BCUT2D eigenvalue weighted by molar-refractivity contribution is 9.13. The van der Waals surface area contributed by atoms with Crippen LogP contribution in [0.5, 0.6) is 0 Å². The van der Waals surface area contributed by atoms with Crippen molar-refractivity contribution in [3.63, 3.8) is 0 Å². The number of benzene rings is 1. The summed E-state index contributed by atoms with van der Waals surface area (Å²) in [6.07, 6.45) is 3.05. The molecule has 92 valence electrons. The van der Waals surface area contributed by atoms with E-state index >= 15 is 0 Å². The molecule has 0 fully saturated rings. The monoisotopic (exact) mass is 360 g/mol. The summed E-state index contributed by atoms with van der Waals surface area (Å²) in [5.74, 6) is 0. The van der Waals surface area contributed by atoms with E-state index < -0.39 is 6.10 Å². The van der Waals surface area contributed by atoms with Crippen molar-refractivity contribution in [2.24, 2.45) is 0 Å². The molecule has 2 rings (SSSR count). The van der Waals surface area contributed by atoms with Crippen molar-refractivity contribution < 1.29 is 9.84 Å². The molecule has 1 aromatic rings. The van der Waals surface area contributed by atoms with Gasteiger partial charge in [0.2, 0.25) is 0 Å². The molecule has 2 unspecified atom stereocenters. The fourth-order valence-electron chi connectivity index (χ4n) is 2.23. The Morgan fingerprint density at radius 1 is 1.18 bits per heavy atom. The van der Waals surface area contributed by atoms with Gasteiger partial charge in [0.25, 0.3) is 0 Å². The Hall–Kier alpha value is -0.160. The fourth-order valence-corrected chi connectivity index (χ4v) is 3.26. The molecule has 0 aromatic heterocycles. The van der Waals surface area contributed by atoms with Gasteiger partial charge in [0.05, 0.1) is 0 Å². The van der Waals surface area contributed by atoms with Crippen LogP contribution < -0.4 is 0 Å². The van der Waals surface area contributed by atoms with Crippen molar-refractivity contribution in [1.29, 1.82) is 0 Å². The van der Waals surface area contributed by atoms with E-state index in [0.717, 1.165) is 31.2 Å². The Kier molecular flexibility index (Phi) is 3.78. The van der Waals surface area contributed by atoms with E-state index in [2.05, 4.69) is 31.9 Å². The predicted octanol–water partition coefficient (Wildman–Crippen LogP) is 3.90. The molecule has 1 N–H and O–H groups in total. The van der Waals surface area contributed by atoms with Crippen LogP contribution in [-0.4, -0.2) is 18.3 Å². The second-order valence-corrected chi connectivity index (χ2v) is 5.80. The highest BCUT2D eigenvalue weighted by Gasteiger charge is 2.28. The van der Waals surface area contributed by atoms with Crippen LogP contribution in [0.1, 0.15) is 28.4 Å². The third-order valence-electron chi connectivity index (χ3n) is 3.28. The molecule has 17 heavy (non-hydrogen) atoms. The van der Waals surface area contributed by atoms with Gasteiger partial charge in [-0.1, -0.05) is 12.2 Å². The molecule has 4 heteroatoms. The number of halogens is 2. The van der Waals surface area contributed by atoms with E-state index in [1.807, 2.05) is 26.0 Å². The Morgan fingerprint density at radius 3 is 2.35 bits per heavy atom. The number of fused-ring (bicyclic) bond motifs is 1. The average molecular weight is 362 g/mol. The largest absolute Gasteiger partial charge is 0.385 e. The first-order valence-electron chi connectivity index (χ1n) is 5.36. The number of rotatable bonds is 1. The highest BCUT2D eigenvalue weighted by atomic mass is 79.9. The summed E-state index contributed by atoms with van der Waals surface area (Å²) in [6, 6.07) is 0. The summed E-state index contributed by atoms with van der Waals surface area (Å²) in [7, 11) is 1.61. The number of methoxy groups -OCH3 is 1. The Labute approximate surface area is 118 Å². The van der Waals surface area contributed by atoms with Crippen LogP contribution in [0.2, 0.25) is 0 Å². The van der Waals surface area contributed by atoms with Gasteiger partial charge in [-0.2, -0.15) is 0 Å². The van der Waals surface area contributed by atoms with Gasteiger partial charge in [0, 0.05) is 16.1 Å². The first kappa shape index (κ1) is 13.3. The minimum atomic E-state index is -0.608. The van der Waals surface area contributed by atoms with Crippen molar-refractivity contribution in [1.82, 2.24) is 0 Å². The van der Waals surface area contributed by atoms with Gasteiger partial charge in [-0.25, -0.2) is 0 Å². The smallest absolute Gasteiger partial charge is 0.110 e. The summed E-state index contributed by atoms with van der Waals surface area (Å²) in [5, 5.41) is 10.3. The Morgan fingerprint density at radius 2 is 1.76 bits per heavy atom. The normalized spacial score (nSPS) is 22.7. The third-order valence-corrected chi connectivity index (χ3v) is 5.80. The molecule has 0 spiro atoms. The first-order chi connectivity index (χ1) is 7.99. The number of aliphatic hydroxyl groups is 1. The molecule has 0 aliphatic heterocycles. The van der Waals surface area contributed by atoms with Crippen molar-refractivity contribution in [3.8, 4) is 0 Å². The van der Waals surface area contributed by atoms with Crippen molar-refractivity contribution in [2.45, 2.75) is 26.1 Å². The lowest BCUT2D eigenvalue weighted by Crippen LogP contribution is -2.23. The Bertz CT molecular complexity index is 495. The third kappa shape index (κ3) is 2.01.